The molecule has 0 amide bonds. The van der Waals surface area contributed by atoms with Crippen LogP contribution in [0.1, 0.15) is 70.2 Å². The van der Waals surface area contributed by atoms with Crippen LogP contribution in [0, 0.1) is 18.2 Å². The second-order valence-electron chi connectivity index (χ2n) is 10.5. The predicted octanol–water partition coefficient (Wildman–Crippen LogP) is 9.91. The molecule has 0 nitrogen and oxygen atoms in total. The molecule has 3 aromatic carbocycles. The number of fused-ring (bicyclic) bond motifs is 3. The van der Waals surface area contributed by atoms with Crippen molar-refractivity contribution in [3.63, 3.8) is 0 Å². The van der Waals surface area contributed by atoms with Gasteiger partial charge in [-0.3, -0.25) is 6.08 Å². The van der Waals surface area contributed by atoms with Crippen molar-refractivity contribution in [2.45, 2.75) is 65.2 Å². The molecular weight excluding hydrogens is 594 g/mol. The molecule has 0 bridgehead atoms. The van der Waals surface area contributed by atoms with Crippen LogP contribution in [0.25, 0.3) is 11.1 Å². The van der Waals surface area contributed by atoms with Crippen molar-refractivity contribution in [3.05, 3.63) is 118 Å². The fourth-order valence-corrected chi connectivity index (χ4v) is 3.86. The SMILES string of the molecule is CC(C)(C)c1[c-]c2c(cc1)-c1ccc(C(C)(C)C)cc1C2.Cl.Cl.Clc1cc[c-]cc1.[C-]1=CC=CC1.[CH2]=[Zr]. The zero-order chi connectivity index (χ0) is 26.1. The van der Waals surface area contributed by atoms with E-state index in [0.29, 0.717) is 0 Å². The van der Waals surface area contributed by atoms with E-state index in [1.807, 2.05) is 12.2 Å². The molecule has 0 spiro atoms. The van der Waals surface area contributed by atoms with Gasteiger partial charge in [0.15, 0.2) is 0 Å². The Morgan fingerprint density at radius 1 is 0.838 bits per heavy atom. The molecule has 3 aromatic rings. The number of hydrogen-bond donors (Lipinski definition) is 0. The molecule has 2 aliphatic rings. The third kappa shape index (κ3) is 11.2. The van der Waals surface area contributed by atoms with E-state index in [2.05, 4.69) is 100 Å². The van der Waals surface area contributed by atoms with Crippen LogP contribution in [0.2, 0.25) is 5.02 Å². The Kier molecular flexibility index (Phi) is 16.1. The van der Waals surface area contributed by atoms with Gasteiger partial charge in [-0.2, -0.15) is 60.2 Å². The molecule has 0 heterocycles. The summed E-state index contributed by atoms with van der Waals surface area (Å²) in [6.45, 7) is 13.6. The normalized spacial score (nSPS) is 12.1. The topological polar surface area (TPSA) is 0 Å². The Morgan fingerprint density at radius 2 is 1.46 bits per heavy atom. The summed E-state index contributed by atoms with van der Waals surface area (Å²) in [5.74, 6) is 0. The van der Waals surface area contributed by atoms with Crippen LogP contribution >= 0.6 is 36.4 Å². The number of allylic oxidation sites excluding steroid dienone is 4. The van der Waals surface area contributed by atoms with Gasteiger partial charge in [-0.1, -0.05) is 70.3 Å². The molecule has 0 atom stereocenters. The van der Waals surface area contributed by atoms with Gasteiger partial charge in [0.1, 0.15) is 0 Å². The van der Waals surface area contributed by atoms with E-state index in [4.69, 9.17) is 11.6 Å². The third-order valence-electron chi connectivity index (χ3n) is 5.73. The zero-order valence-electron chi connectivity index (χ0n) is 22.7. The van der Waals surface area contributed by atoms with Crippen molar-refractivity contribution >= 4 is 40.6 Å². The first-order chi connectivity index (χ1) is 16.6. The summed E-state index contributed by atoms with van der Waals surface area (Å²) < 4.78 is 3.34. The number of halogens is 3. The standard InChI is InChI=1S/C21H25.C6H4Cl.C5H5.CH2.2ClH.Zr/c1-20(2,3)16-7-9-18-14(12-16)11-15-13-17(21(4,5)6)8-10-19(15)18;7-6-4-2-1-3-5-6;1-2-4-5-3-1;;;;/h7-10,12H,11H2,1-6H3;2-5H;1-3H,4H2;1H2;2*1H;/q3*-1;;;;. The van der Waals surface area contributed by atoms with Gasteiger partial charge in [0.2, 0.25) is 0 Å². The average Bonchev–Trinajstić information content (AvgIpc) is 3.51. The number of benzene rings is 3. The van der Waals surface area contributed by atoms with Gasteiger partial charge in [0.05, 0.1) is 0 Å². The minimum absolute atomic E-state index is 0. The summed E-state index contributed by atoms with van der Waals surface area (Å²) in [7, 11) is 0. The molecule has 2 aliphatic carbocycles. The van der Waals surface area contributed by atoms with E-state index in [-0.39, 0.29) is 35.6 Å². The zero-order valence-corrected chi connectivity index (χ0v) is 27.6. The molecule has 0 unspecified atom stereocenters. The molecule has 0 aliphatic heterocycles. The van der Waals surface area contributed by atoms with Crippen molar-refractivity contribution in [1.82, 2.24) is 0 Å². The van der Waals surface area contributed by atoms with Crippen LogP contribution in [-0.4, -0.2) is 4.21 Å². The summed E-state index contributed by atoms with van der Waals surface area (Å²) >= 11 is 6.82. The first kappa shape index (κ1) is 35.8. The molecule has 37 heavy (non-hydrogen) atoms. The third-order valence-corrected chi connectivity index (χ3v) is 5.98. The van der Waals surface area contributed by atoms with Gasteiger partial charge in [-0.25, -0.2) is 12.2 Å². The van der Waals surface area contributed by atoms with Gasteiger partial charge in [0, 0.05) is 0 Å². The maximum atomic E-state index is 5.52. The Labute approximate surface area is 257 Å². The monoisotopic (exact) mass is 629 g/mol. The number of hydrogen-bond acceptors (Lipinski definition) is 0. The Morgan fingerprint density at radius 3 is 1.89 bits per heavy atom. The van der Waals surface area contributed by atoms with E-state index in [1.54, 1.807) is 24.3 Å². The van der Waals surface area contributed by atoms with Gasteiger partial charge in [0.25, 0.3) is 0 Å². The van der Waals surface area contributed by atoms with Crippen molar-refractivity contribution in [2.75, 3.05) is 0 Å². The Balaban J connectivity index is 0.000000668. The van der Waals surface area contributed by atoms with Gasteiger partial charge in [-0.15, -0.1) is 54.0 Å². The van der Waals surface area contributed by atoms with Crippen LogP contribution in [0.15, 0.2) is 72.8 Å². The summed E-state index contributed by atoms with van der Waals surface area (Å²) in [6, 6.07) is 25.2. The van der Waals surface area contributed by atoms with Crippen molar-refractivity contribution in [3.8, 4) is 11.1 Å². The van der Waals surface area contributed by atoms with E-state index in [9.17, 15) is 0 Å². The second-order valence-corrected chi connectivity index (χ2v) is 11.0. The first-order valence-electron chi connectivity index (χ1n) is 11.9. The summed E-state index contributed by atoms with van der Waals surface area (Å²) in [5.41, 5.74) is 8.70. The van der Waals surface area contributed by atoms with E-state index in [1.165, 1.54) is 57.6 Å². The second kappa shape index (κ2) is 16.7. The molecule has 198 valence electrons. The van der Waals surface area contributed by atoms with Gasteiger partial charge < -0.3 is 0 Å². The van der Waals surface area contributed by atoms with Crippen molar-refractivity contribution < 1.29 is 24.2 Å². The van der Waals surface area contributed by atoms with Crippen LogP contribution in [0.4, 0.5) is 0 Å². The maximum absolute atomic E-state index is 5.52. The van der Waals surface area contributed by atoms with Crippen LogP contribution in [0.3, 0.4) is 0 Å². The van der Waals surface area contributed by atoms with E-state index in [0.717, 1.165) is 17.9 Å². The van der Waals surface area contributed by atoms with E-state index >= 15 is 0 Å². The summed E-state index contributed by atoms with van der Waals surface area (Å²) in [5, 5.41) is 0.763. The predicted molar refractivity (Wildman–Crippen MR) is 164 cm³/mol. The fraction of sp³-hybridized carbons (Fsp3) is 0.303. The van der Waals surface area contributed by atoms with Crippen LogP contribution < -0.4 is 0 Å². The van der Waals surface area contributed by atoms with Gasteiger partial charge in [-0.05, 0) is 28.4 Å². The Hall–Kier alpha value is -1.24. The van der Waals surface area contributed by atoms with Crippen molar-refractivity contribution in [2.24, 2.45) is 0 Å². The fourth-order valence-electron chi connectivity index (χ4n) is 3.73. The Bertz CT molecular complexity index is 1080. The number of rotatable bonds is 0. The quantitative estimate of drug-likeness (QED) is 0.169. The first-order valence-corrected chi connectivity index (χ1v) is 14.1. The molecular formula is C33H38Cl3Zr-3. The summed E-state index contributed by atoms with van der Waals surface area (Å²) in [4.78, 5) is 0. The molecule has 0 N–H and O–H groups in total. The van der Waals surface area contributed by atoms with E-state index < -0.39 is 0 Å². The van der Waals surface area contributed by atoms with Crippen LogP contribution in [-0.2, 0) is 41.5 Å². The average molecular weight is 632 g/mol. The molecule has 0 radical (unpaired) electrons. The minimum atomic E-state index is 0. The van der Waals surface area contributed by atoms with Gasteiger partial charge >= 0.3 is 28.4 Å². The molecule has 0 fully saturated rings. The molecule has 0 saturated heterocycles. The van der Waals surface area contributed by atoms with Crippen LogP contribution in [0.5, 0.6) is 0 Å². The molecule has 4 heteroatoms. The molecule has 5 rings (SSSR count). The summed E-state index contributed by atoms with van der Waals surface area (Å²) in [6.07, 6.45) is 11.0. The molecule has 0 aromatic heterocycles. The molecule has 0 saturated carbocycles. The van der Waals surface area contributed by atoms with Crippen molar-refractivity contribution in [1.29, 1.82) is 0 Å².